The molecule has 0 saturated carbocycles. The van der Waals surface area contributed by atoms with Crippen LogP contribution in [-0.4, -0.2) is 11.2 Å². The molecule has 0 radical (unpaired) electrons. The molecule has 1 nitrogen and oxygen atoms in total. The second kappa shape index (κ2) is 8.58. The Kier molecular flexibility index (Phi) is 7.45. The Labute approximate surface area is 131 Å². The van der Waals surface area contributed by atoms with Crippen molar-refractivity contribution >= 4 is 0 Å². The van der Waals surface area contributed by atoms with Gasteiger partial charge < -0.3 is 5.11 Å². The molecule has 0 spiro atoms. The summed E-state index contributed by atoms with van der Waals surface area (Å²) in [7, 11) is 0. The Morgan fingerprint density at radius 1 is 0.857 bits per heavy atom. The minimum atomic E-state index is -0.227. The van der Waals surface area contributed by atoms with E-state index < -0.39 is 0 Å². The first-order valence-electron chi connectivity index (χ1n) is 8.46. The summed E-state index contributed by atoms with van der Waals surface area (Å²) in [5.41, 5.74) is 4.33. The number of hydrogen-bond acceptors (Lipinski definition) is 1. The van der Waals surface area contributed by atoms with Gasteiger partial charge in [0.1, 0.15) is 0 Å². The first-order chi connectivity index (χ1) is 9.81. The highest BCUT2D eigenvalue weighted by Crippen LogP contribution is 2.30. The van der Waals surface area contributed by atoms with Crippen LogP contribution in [0.15, 0.2) is 34.9 Å². The highest BCUT2D eigenvalue weighted by Gasteiger charge is 2.26. The normalized spacial score (nSPS) is 33.4. The van der Waals surface area contributed by atoms with Crippen LogP contribution in [0.2, 0.25) is 0 Å². The van der Waals surface area contributed by atoms with Crippen molar-refractivity contribution in [2.75, 3.05) is 0 Å². The third-order valence-electron chi connectivity index (χ3n) is 4.75. The molecule has 1 aliphatic carbocycles. The van der Waals surface area contributed by atoms with Crippen LogP contribution in [0.4, 0.5) is 0 Å². The second-order valence-electron chi connectivity index (χ2n) is 7.48. The standard InChI is InChI=1S/C20H34O/c1-16-8-6-10-17(2)12-13-19(21)20(4,5)15-14-18(3)11-7-9-16/h9-10,14,19,21H,6-8,11-13,15H2,1-5H3/b16-9+,17-10+,18-14+/t19-/m0/s1. The number of hydrogen-bond donors (Lipinski definition) is 1. The van der Waals surface area contributed by atoms with Gasteiger partial charge in [0.25, 0.3) is 0 Å². The van der Waals surface area contributed by atoms with Gasteiger partial charge in [0.05, 0.1) is 6.10 Å². The second-order valence-corrected chi connectivity index (χ2v) is 7.48. The van der Waals surface area contributed by atoms with E-state index in [1.165, 1.54) is 16.7 Å². The van der Waals surface area contributed by atoms with E-state index in [0.29, 0.717) is 0 Å². The van der Waals surface area contributed by atoms with Gasteiger partial charge >= 0.3 is 0 Å². The SMILES string of the molecule is C/C1=C\CC/C(C)=C/CC(C)(C)[C@@H](O)CC/C(C)=C/CC1. The molecule has 0 amide bonds. The lowest BCUT2D eigenvalue weighted by atomic mass is 9.80. The molecular formula is C20H34O. The predicted octanol–water partition coefficient (Wildman–Crippen LogP) is 5.96. The van der Waals surface area contributed by atoms with Crippen molar-refractivity contribution in [3.63, 3.8) is 0 Å². The van der Waals surface area contributed by atoms with Crippen LogP contribution in [0.3, 0.4) is 0 Å². The molecule has 21 heavy (non-hydrogen) atoms. The molecule has 0 aromatic carbocycles. The summed E-state index contributed by atoms with van der Waals surface area (Å²) in [4.78, 5) is 0. The van der Waals surface area contributed by atoms with Crippen LogP contribution in [0, 0.1) is 5.41 Å². The van der Waals surface area contributed by atoms with Gasteiger partial charge in [0.15, 0.2) is 0 Å². The first-order valence-corrected chi connectivity index (χ1v) is 8.46. The number of allylic oxidation sites excluding steroid dienone is 6. The molecule has 0 aromatic rings. The molecule has 1 rings (SSSR count). The number of aliphatic hydroxyl groups excluding tert-OH is 1. The monoisotopic (exact) mass is 290 g/mol. The summed E-state index contributed by atoms with van der Waals surface area (Å²) in [6.07, 6.45) is 14.2. The van der Waals surface area contributed by atoms with E-state index in [2.05, 4.69) is 52.8 Å². The maximum atomic E-state index is 10.5. The summed E-state index contributed by atoms with van der Waals surface area (Å²) in [5, 5.41) is 10.5. The average molecular weight is 290 g/mol. The van der Waals surface area contributed by atoms with Crippen LogP contribution in [0.25, 0.3) is 0 Å². The van der Waals surface area contributed by atoms with Gasteiger partial charge in [0.2, 0.25) is 0 Å². The van der Waals surface area contributed by atoms with E-state index >= 15 is 0 Å². The van der Waals surface area contributed by atoms with Gasteiger partial charge in [-0.05, 0) is 71.1 Å². The lowest BCUT2D eigenvalue weighted by molar-refractivity contribution is 0.0452. The predicted molar refractivity (Wildman–Crippen MR) is 93.4 cm³/mol. The Bertz CT molecular complexity index is 410. The van der Waals surface area contributed by atoms with Crippen LogP contribution in [0.5, 0.6) is 0 Å². The fourth-order valence-electron chi connectivity index (χ4n) is 2.73. The summed E-state index contributed by atoms with van der Waals surface area (Å²) >= 11 is 0. The quantitative estimate of drug-likeness (QED) is 0.546. The summed E-state index contributed by atoms with van der Waals surface area (Å²) in [5.74, 6) is 0. The summed E-state index contributed by atoms with van der Waals surface area (Å²) < 4.78 is 0. The van der Waals surface area contributed by atoms with Gasteiger partial charge in [0, 0.05) is 0 Å². The molecule has 1 atom stereocenters. The van der Waals surface area contributed by atoms with Gasteiger partial charge in [-0.25, -0.2) is 0 Å². The van der Waals surface area contributed by atoms with E-state index in [4.69, 9.17) is 0 Å². The van der Waals surface area contributed by atoms with E-state index in [1.54, 1.807) is 0 Å². The van der Waals surface area contributed by atoms with Crippen LogP contribution < -0.4 is 0 Å². The van der Waals surface area contributed by atoms with Crippen molar-refractivity contribution in [1.29, 1.82) is 0 Å². The molecule has 0 bridgehead atoms. The average Bonchev–Trinajstić information content (AvgIpc) is 2.42. The van der Waals surface area contributed by atoms with Gasteiger partial charge in [-0.2, -0.15) is 0 Å². The topological polar surface area (TPSA) is 20.2 Å². The molecule has 0 saturated heterocycles. The highest BCUT2D eigenvalue weighted by atomic mass is 16.3. The third-order valence-corrected chi connectivity index (χ3v) is 4.75. The van der Waals surface area contributed by atoms with E-state index in [9.17, 15) is 5.11 Å². The van der Waals surface area contributed by atoms with Crippen LogP contribution >= 0.6 is 0 Å². The molecule has 0 unspecified atom stereocenters. The summed E-state index contributed by atoms with van der Waals surface area (Å²) in [6.45, 7) is 11.0. The number of aliphatic hydroxyl groups is 1. The van der Waals surface area contributed by atoms with Gasteiger partial charge in [-0.3, -0.25) is 0 Å². The van der Waals surface area contributed by atoms with Crippen molar-refractivity contribution in [1.82, 2.24) is 0 Å². The third kappa shape index (κ3) is 7.13. The molecule has 0 aliphatic heterocycles. The largest absolute Gasteiger partial charge is 0.393 e. The maximum absolute atomic E-state index is 10.5. The van der Waals surface area contributed by atoms with E-state index in [0.717, 1.165) is 44.9 Å². The molecule has 0 heterocycles. The minimum absolute atomic E-state index is 0.0343. The van der Waals surface area contributed by atoms with E-state index in [-0.39, 0.29) is 11.5 Å². The van der Waals surface area contributed by atoms with E-state index in [1.807, 2.05) is 0 Å². The molecule has 1 aliphatic rings. The zero-order valence-electron chi connectivity index (χ0n) is 14.7. The zero-order valence-corrected chi connectivity index (χ0v) is 14.7. The van der Waals surface area contributed by atoms with Gasteiger partial charge in [-0.15, -0.1) is 0 Å². The Hall–Kier alpha value is -0.820. The lowest BCUT2D eigenvalue weighted by Crippen LogP contribution is -2.28. The Morgan fingerprint density at radius 3 is 1.90 bits per heavy atom. The zero-order chi connectivity index (χ0) is 15.9. The molecule has 0 fully saturated rings. The van der Waals surface area contributed by atoms with Crippen molar-refractivity contribution in [3.8, 4) is 0 Å². The molecule has 1 N–H and O–H groups in total. The van der Waals surface area contributed by atoms with Crippen LogP contribution in [0.1, 0.15) is 79.6 Å². The maximum Gasteiger partial charge on any atom is 0.0597 e. The van der Waals surface area contributed by atoms with Crippen molar-refractivity contribution in [3.05, 3.63) is 34.9 Å². The lowest BCUT2D eigenvalue weighted by Gasteiger charge is -2.30. The molecule has 0 aromatic heterocycles. The Balaban J connectivity index is 2.81. The molecule has 120 valence electrons. The number of rotatable bonds is 0. The van der Waals surface area contributed by atoms with Crippen LogP contribution in [-0.2, 0) is 0 Å². The smallest absolute Gasteiger partial charge is 0.0597 e. The summed E-state index contributed by atoms with van der Waals surface area (Å²) in [6, 6.07) is 0. The first kappa shape index (κ1) is 18.2. The minimum Gasteiger partial charge on any atom is -0.393 e. The van der Waals surface area contributed by atoms with Gasteiger partial charge in [-0.1, -0.05) is 48.8 Å². The van der Waals surface area contributed by atoms with Crippen molar-refractivity contribution in [2.45, 2.75) is 85.7 Å². The fraction of sp³-hybridized carbons (Fsp3) is 0.700. The fourth-order valence-corrected chi connectivity index (χ4v) is 2.73. The molecular weight excluding hydrogens is 256 g/mol. The highest BCUT2D eigenvalue weighted by molar-refractivity contribution is 5.07. The Morgan fingerprint density at radius 2 is 1.33 bits per heavy atom. The van der Waals surface area contributed by atoms with Crippen molar-refractivity contribution < 1.29 is 5.11 Å². The molecule has 1 heteroatoms. The van der Waals surface area contributed by atoms with Crippen molar-refractivity contribution in [2.24, 2.45) is 5.41 Å².